The van der Waals surface area contributed by atoms with E-state index >= 15 is 0 Å². The average molecular weight is 1790 g/mol. The number of benzene rings is 3. The monoisotopic (exact) mass is 1780 g/mol. The molecule has 10 aromatic heterocycles. The van der Waals surface area contributed by atoms with Gasteiger partial charge < -0.3 is 42.5 Å². The quantitative estimate of drug-likeness (QED) is 0.0363. The van der Waals surface area contributed by atoms with Crippen LogP contribution in [0.15, 0.2) is 179 Å². The van der Waals surface area contributed by atoms with E-state index in [2.05, 4.69) is 196 Å². The third kappa shape index (κ3) is 19.5. The summed E-state index contributed by atoms with van der Waals surface area (Å²) in [5, 5.41) is 56.6. The smallest absolute Gasteiger partial charge is 0.238 e. The maximum Gasteiger partial charge on any atom is 0.238 e. The summed E-state index contributed by atoms with van der Waals surface area (Å²) in [4.78, 5) is 23.9. The summed E-state index contributed by atoms with van der Waals surface area (Å²) in [6.45, 7) is 9.63. The Balaban J connectivity index is 0.000000122. The van der Waals surface area contributed by atoms with Crippen molar-refractivity contribution in [1.82, 2.24) is 94.2 Å². The fourth-order valence-electron chi connectivity index (χ4n) is 13.6. The molecule has 35 heteroatoms. The van der Waals surface area contributed by atoms with Crippen molar-refractivity contribution in [3.63, 3.8) is 0 Å². The fraction of sp³-hybridized carbons (Fsp3) is 0.338. The van der Waals surface area contributed by atoms with Gasteiger partial charge in [0, 0.05) is 121 Å². The number of anilines is 4. The summed E-state index contributed by atoms with van der Waals surface area (Å²) in [5.41, 5.74) is 13.9. The molecule has 0 bridgehead atoms. The van der Waals surface area contributed by atoms with Crippen LogP contribution in [-0.2, 0) is 46.0 Å². The lowest BCUT2D eigenvalue weighted by molar-refractivity contribution is 0.405. The van der Waals surface area contributed by atoms with Crippen molar-refractivity contribution >= 4 is 141 Å². The molecule has 0 radical (unpaired) electrons. The molecule has 0 amide bonds. The van der Waals surface area contributed by atoms with Crippen molar-refractivity contribution in [3.8, 4) is 11.3 Å². The van der Waals surface area contributed by atoms with Gasteiger partial charge in [-0.25, -0.2) is 41.9 Å². The molecule has 1 atom stereocenters. The SMILES string of the molecule is Brc1cnn2c(NCc3ccc(-c4csnn4)cc3)cc(C3CCNCC3)nc12.Brc1cnn2c(NCc3cccnc3)cc(C3CCCCN3)nc12.CS(=O)(=O)c1ccc(CNc2cc(C3CCNCC3)nc3c(Br)cnn23)cc1.NS(=O)(=O)c1ccc(CNc2cc(C3CCNCC3)nc3c(Br)cnn23)cc1. The highest BCUT2D eigenvalue weighted by Crippen LogP contribution is 2.34. The molecule has 3 aromatic carbocycles. The lowest BCUT2D eigenvalue weighted by Crippen LogP contribution is -2.27. The predicted molar refractivity (Wildman–Crippen MR) is 438 cm³/mol. The van der Waals surface area contributed by atoms with Gasteiger partial charge >= 0.3 is 0 Å². The van der Waals surface area contributed by atoms with Gasteiger partial charge in [-0.05, 0) is 225 Å². The minimum atomic E-state index is -3.68. The number of hydrogen-bond donors (Lipinski definition) is 9. The first-order chi connectivity index (χ1) is 52.9. The molecule has 17 rings (SSSR count). The molecule has 4 aliphatic heterocycles. The van der Waals surface area contributed by atoms with Crippen LogP contribution >= 0.6 is 75.3 Å². The Morgan fingerprint density at radius 1 is 0.468 bits per heavy atom. The summed E-state index contributed by atoms with van der Waals surface area (Å²) in [7, 11) is -6.87. The summed E-state index contributed by atoms with van der Waals surface area (Å²) < 4.78 is 60.8. The molecule has 4 aliphatic rings. The minimum absolute atomic E-state index is 0.103. The molecule has 0 spiro atoms. The number of aromatic nitrogens is 15. The molecule has 4 fully saturated rings. The number of piperidine rings is 4. The van der Waals surface area contributed by atoms with Gasteiger partial charge in [0.2, 0.25) is 10.0 Å². The number of pyridine rings is 1. The van der Waals surface area contributed by atoms with Crippen molar-refractivity contribution in [2.75, 3.05) is 73.3 Å². The van der Waals surface area contributed by atoms with Crippen LogP contribution in [0.2, 0.25) is 0 Å². The van der Waals surface area contributed by atoms with E-state index in [9.17, 15) is 16.8 Å². The van der Waals surface area contributed by atoms with Crippen LogP contribution in [0, 0.1) is 0 Å². The third-order valence-corrected chi connectivity index (χ3v) is 24.4. The first-order valence-corrected chi connectivity index (χ1v) is 43.5. The number of nitrogens with zero attached hydrogens (tertiary/aromatic N) is 15. The van der Waals surface area contributed by atoms with Gasteiger partial charge in [0.15, 0.2) is 32.4 Å². The van der Waals surface area contributed by atoms with Crippen molar-refractivity contribution < 1.29 is 16.8 Å². The van der Waals surface area contributed by atoms with Crippen molar-refractivity contribution in [3.05, 3.63) is 215 Å². The van der Waals surface area contributed by atoms with Crippen LogP contribution in [0.4, 0.5) is 23.3 Å². The molecule has 13 aromatic rings. The number of primary sulfonamides is 1. The molecule has 0 saturated carbocycles. The molecule has 14 heterocycles. The average Bonchev–Trinajstić information content (AvgIpc) is 1.73. The number of halogens is 4. The number of rotatable bonds is 19. The van der Waals surface area contributed by atoms with Gasteiger partial charge in [0.1, 0.15) is 29.0 Å². The van der Waals surface area contributed by atoms with Crippen molar-refractivity contribution in [2.24, 2.45) is 5.14 Å². The Hall–Kier alpha value is -8.33. The third-order valence-electron chi connectivity index (χ3n) is 19.6. The topological polar surface area (TPSA) is 350 Å². The molecule has 109 heavy (non-hydrogen) atoms. The zero-order chi connectivity index (χ0) is 75.4. The van der Waals surface area contributed by atoms with E-state index in [1.807, 2.05) is 38.8 Å². The normalized spacial score (nSPS) is 16.1. The van der Waals surface area contributed by atoms with E-state index in [0.717, 1.165) is 205 Å². The Labute approximate surface area is 668 Å². The molecule has 10 N–H and O–H groups in total. The van der Waals surface area contributed by atoms with Crippen LogP contribution < -0.4 is 47.7 Å². The van der Waals surface area contributed by atoms with Crippen LogP contribution in [-0.4, -0.2) is 142 Å². The Bertz CT molecular complexity index is 5280. The largest absolute Gasteiger partial charge is 0.366 e. The lowest BCUT2D eigenvalue weighted by atomic mass is 9.94. The van der Waals surface area contributed by atoms with Crippen LogP contribution in [0.25, 0.3) is 33.8 Å². The van der Waals surface area contributed by atoms with E-state index in [-0.39, 0.29) is 4.90 Å². The Morgan fingerprint density at radius 2 is 0.853 bits per heavy atom. The molecule has 1 unspecified atom stereocenters. The van der Waals surface area contributed by atoms with Crippen molar-refractivity contribution in [2.45, 2.75) is 118 Å². The number of sulfone groups is 1. The van der Waals surface area contributed by atoms with E-state index < -0.39 is 19.9 Å². The zero-order valence-corrected chi connectivity index (χ0v) is 68.3. The molecular weight excluding hydrogens is 1700 g/mol. The summed E-state index contributed by atoms with van der Waals surface area (Å²) in [6, 6.07) is 34.6. The Kier molecular flexibility index (Phi) is 25.4. The number of nitrogens with two attached hydrogens (primary N) is 1. The standard InChI is InChI=1S/C20H20BrN7S.C19H22BrN5O2S.C18H21BrN6O2S.C17H19BrN6/c21-16-11-24-28-19(9-17(25-20(16)28)15-5-7-22-8-6-15)23-10-13-1-3-14(4-2-13)18-12-29-27-26-18;1-28(26,27)15-4-2-13(3-5-15)11-22-18-10-17(14-6-8-21-9-7-14)24-19-16(20)12-23-25(18)19;19-15-11-23-25-17(9-16(24-18(15)25)13-5-7-21-8-6-13)22-10-12-1-3-14(4-2-12)28(20,26)27;18-13-11-22-24-16(21-10-12-4-3-6-19-9-12)8-15(23-17(13)24)14-5-1-2-7-20-14/h1-4,9,11-12,15,22-23H,5-8,10H2;2-5,10,12,14,21-22H,6-9,11H2,1H3;1-4,9,11,13,21-22H,5-8,10H2,(H2,20,26,27);3-4,6,8-9,11,14,20-21H,1-2,5,7,10H2. The first kappa shape index (κ1) is 77.4. The van der Waals surface area contributed by atoms with Gasteiger partial charge in [-0.1, -0.05) is 65.5 Å². The highest BCUT2D eigenvalue weighted by molar-refractivity contribution is 9.11. The minimum Gasteiger partial charge on any atom is -0.366 e. The van der Waals surface area contributed by atoms with Gasteiger partial charge in [-0.3, -0.25) is 4.98 Å². The van der Waals surface area contributed by atoms with Gasteiger partial charge in [-0.2, -0.15) is 38.5 Å². The second kappa shape index (κ2) is 35.8. The zero-order valence-electron chi connectivity index (χ0n) is 59.5. The molecule has 28 nitrogen and oxygen atoms in total. The van der Waals surface area contributed by atoms with Gasteiger partial charge in [0.25, 0.3) is 0 Å². The van der Waals surface area contributed by atoms with Gasteiger partial charge in [-0.15, -0.1) is 5.10 Å². The van der Waals surface area contributed by atoms with E-state index in [4.69, 9.17) is 25.1 Å². The van der Waals surface area contributed by atoms with Crippen molar-refractivity contribution in [1.29, 1.82) is 0 Å². The molecular formula is C74H82Br4N24O4S3. The second-order valence-electron chi connectivity index (χ2n) is 27.1. The first-order valence-electron chi connectivity index (χ1n) is 36.1. The molecule has 0 aliphatic carbocycles. The molecule has 568 valence electrons. The number of fused-ring (bicyclic) bond motifs is 4. The highest BCUT2D eigenvalue weighted by Gasteiger charge is 2.25. The maximum absolute atomic E-state index is 11.6. The van der Waals surface area contributed by atoms with Crippen LogP contribution in [0.1, 0.15) is 127 Å². The highest BCUT2D eigenvalue weighted by atomic mass is 79.9. The number of hydrogen-bond acceptors (Lipinski definition) is 24. The van der Waals surface area contributed by atoms with E-state index in [0.29, 0.717) is 54.9 Å². The predicted octanol–water partition coefficient (Wildman–Crippen LogP) is 12.6. The maximum atomic E-state index is 11.6. The lowest BCUT2D eigenvalue weighted by Gasteiger charge is -2.23. The summed E-state index contributed by atoms with van der Waals surface area (Å²) in [5.74, 6) is 4.95. The van der Waals surface area contributed by atoms with Crippen LogP contribution in [0.3, 0.4) is 0 Å². The van der Waals surface area contributed by atoms with Crippen LogP contribution in [0.5, 0.6) is 0 Å². The Morgan fingerprint density at radius 3 is 1.21 bits per heavy atom. The number of sulfonamides is 1. The van der Waals surface area contributed by atoms with Gasteiger partial charge in [0.05, 0.1) is 58.2 Å². The molecule has 4 saturated heterocycles. The van der Waals surface area contributed by atoms with E-state index in [1.54, 1.807) is 64.3 Å². The second-order valence-corrected chi connectivity index (χ2v) is 34.7. The summed E-state index contributed by atoms with van der Waals surface area (Å²) >= 11 is 15.6. The van der Waals surface area contributed by atoms with E-state index in [1.165, 1.54) is 48.3 Å². The number of nitrogens with one attached hydrogen (secondary N) is 8. The fourth-order valence-corrected chi connectivity index (χ4v) is 16.6. The summed E-state index contributed by atoms with van der Waals surface area (Å²) in [6.07, 6.45) is 22.0.